The van der Waals surface area contributed by atoms with Crippen molar-refractivity contribution < 1.29 is 14.3 Å². The number of hydrogen-bond donors (Lipinski definition) is 0. The van der Waals surface area contributed by atoms with Crippen LogP contribution in [0.2, 0.25) is 0 Å². The topological polar surface area (TPSA) is 35.5 Å². The van der Waals surface area contributed by atoms with Crippen LogP contribution in [0.3, 0.4) is 0 Å². The van der Waals surface area contributed by atoms with Gasteiger partial charge in [-0.25, -0.2) is 0 Å². The summed E-state index contributed by atoms with van der Waals surface area (Å²) in [5, 5.41) is 0. The summed E-state index contributed by atoms with van der Waals surface area (Å²) >= 11 is 3.39. The molecule has 1 aliphatic heterocycles. The van der Waals surface area contributed by atoms with Gasteiger partial charge in [0.1, 0.15) is 0 Å². The van der Waals surface area contributed by atoms with E-state index in [0.717, 1.165) is 10.0 Å². The molecule has 1 aliphatic rings. The molecule has 0 radical (unpaired) electrons. The van der Waals surface area contributed by atoms with Crippen molar-refractivity contribution in [1.82, 2.24) is 0 Å². The molecule has 0 aliphatic carbocycles. The number of esters is 1. The molecule has 2 rings (SSSR count). The monoisotopic (exact) mass is 298 g/mol. The molecule has 1 heterocycles. The van der Waals surface area contributed by atoms with Gasteiger partial charge in [-0.15, -0.1) is 0 Å². The molecule has 0 bridgehead atoms. The Morgan fingerprint density at radius 3 is 2.59 bits per heavy atom. The Hall–Kier alpha value is -0.870. The first-order valence-electron chi connectivity index (χ1n) is 5.72. The minimum atomic E-state index is -0.197. The van der Waals surface area contributed by atoms with Gasteiger partial charge in [0, 0.05) is 10.4 Å². The van der Waals surface area contributed by atoms with Crippen LogP contribution in [0.25, 0.3) is 0 Å². The molecule has 92 valence electrons. The second-order valence-corrected chi connectivity index (χ2v) is 4.99. The highest BCUT2D eigenvalue weighted by molar-refractivity contribution is 9.10. The highest BCUT2D eigenvalue weighted by Gasteiger charge is 2.35. The van der Waals surface area contributed by atoms with Crippen molar-refractivity contribution in [3.05, 3.63) is 34.3 Å². The van der Waals surface area contributed by atoms with E-state index in [9.17, 15) is 4.79 Å². The maximum absolute atomic E-state index is 12.0. The molecule has 0 aromatic heterocycles. The minimum absolute atomic E-state index is 0.150. The fourth-order valence-corrected chi connectivity index (χ4v) is 2.21. The Morgan fingerprint density at radius 1 is 1.47 bits per heavy atom. The summed E-state index contributed by atoms with van der Waals surface area (Å²) < 4.78 is 11.3. The highest BCUT2D eigenvalue weighted by atomic mass is 79.9. The second kappa shape index (κ2) is 5.65. The van der Waals surface area contributed by atoms with Gasteiger partial charge < -0.3 is 9.47 Å². The zero-order valence-electron chi connectivity index (χ0n) is 9.69. The molecule has 0 N–H and O–H groups in total. The van der Waals surface area contributed by atoms with Crippen LogP contribution in [0.15, 0.2) is 28.7 Å². The SMILES string of the molecule is CCOC(=O)C(c1ccc(Br)cc1)C1COC1. The first-order chi connectivity index (χ1) is 8.22. The van der Waals surface area contributed by atoms with Gasteiger partial charge >= 0.3 is 5.97 Å². The number of benzene rings is 1. The van der Waals surface area contributed by atoms with Crippen molar-refractivity contribution in [2.24, 2.45) is 5.92 Å². The van der Waals surface area contributed by atoms with Crippen molar-refractivity contribution in [2.75, 3.05) is 19.8 Å². The molecule has 1 saturated heterocycles. The summed E-state index contributed by atoms with van der Waals surface area (Å²) in [6, 6.07) is 7.82. The predicted octanol–water partition coefficient (Wildman–Crippen LogP) is 2.74. The van der Waals surface area contributed by atoms with E-state index in [1.165, 1.54) is 0 Å². The Kier molecular flexibility index (Phi) is 4.18. The summed E-state index contributed by atoms with van der Waals surface area (Å²) in [4.78, 5) is 12.0. The van der Waals surface area contributed by atoms with E-state index in [0.29, 0.717) is 19.8 Å². The van der Waals surface area contributed by atoms with E-state index in [2.05, 4.69) is 15.9 Å². The summed E-state index contributed by atoms with van der Waals surface area (Å²) in [6.07, 6.45) is 0. The average molecular weight is 299 g/mol. The Labute approximate surface area is 109 Å². The number of halogens is 1. The van der Waals surface area contributed by atoms with Crippen molar-refractivity contribution in [3.63, 3.8) is 0 Å². The lowest BCUT2D eigenvalue weighted by molar-refractivity contribution is -0.152. The van der Waals surface area contributed by atoms with E-state index in [-0.39, 0.29) is 17.8 Å². The quantitative estimate of drug-likeness (QED) is 0.802. The van der Waals surface area contributed by atoms with Crippen LogP contribution >= 0.6 is 15.9 Å². The fraction of sp³-hybridized carbons (Fsp3) is 0.462. The van der Waals surface area contributed by atoms with E-state index in [4.69, 9.17) is 9.47 Å². The molecule has 1 aromatic rings. The van der Waals surface area contributed by atoms with Gasteiger partial charge in [-0.3, -0.25) is 4.79 Å². The summed E-state index contributed by atoms with van der Waals surface area (Å²) in [6.45, 7) is 3.52. The van der Waals surface area contributed by atoms with Gasteiger partial charge in [0.05, 0.1) is 25.7 Å². The first kappa shape index (κ1) is 12.6. The van der Waals surface area contributed by atoms with Gasteiger partial charge in [-0.05, 0) is 24.6 Å². The van der Waals surface area contributed by atoms with Gasteiger partial charge in [-0.1, -0.05) is 28.1 Å². The third-order valence-electron chi connectivity index (χ3n) is 2.90. The molecular formula is C13H15BrO3. The molecule has 0 amide bonds. The van der Waals surface area contributed by atoms with Gasteiger partial charge in [0.15, 0.2) is 0 Å². The molecule has 17 heavy (non-hydrogen) atoms. The van der Waals surface area contributed by atoms with Crippen LogP contribution in [0.5, 0.6) is 0 Å². The van der Waals surface area contributed by atoms with E-state index >= 15 is 0 Å². The average Bonchev–Trinajstić information content (AvgIpc) is 2.25. The molecule has 4 heteroatoms. The van der Waals surface area contributed by atoms with Crippen molar-refractivity contribution in [2.45, 2.75) is 12.8 Å². The third-order valence-corrected chi connectivity index (χ3v) is 3.43. The van der Waals surface area contributed by atoms with E-state index < -0.39 is 0 Å². The Morgan fingerprint density at radius 2 is 2.12 bits per heavy atom. The summed E-state index contributed by atoms with van der Waals surface area (Å²) in [5.41, 5.74) is 1.000. The zero-order valence-corrected chi connectivity index (χ0v) is 11.3. The van der Waals surface area contributed by atoms with Gasteiger partial charge in [0.2, 0.25) is 0 Å². The second-order valence-electron chi connectivity index (χ2n) is 4.08. The molecular weight excluding hydrogens is 284 g/mol. The number of carbonyl (C=O) groups is 1. The van der Waals surface area contributed by atoms with Gasteiger partial charge in [-0.2, -0.15) is 0 Å². The van der Waals surface area contributed by atoms with E-state index in [1.807, 2.05) is 31.2 Å². The molecule has 1 atom stereocenters. The smallest absolute Gasteiger partial charge is 0.313 e. The lowest BCUT2D eigenvalue weighted by Crippen LogP contribution is -2.37. The number of carbonyl (C=O) groups excluding carboxylic acids is 1. The highest BCUT2D eigenvalue weighted by Crippen LogP contribution is 2.32. The minimum Gasteiger partial charge on any atom is -0.466 e. The zero-order chi connectivity index (χ0) is 12.3. The maximum Gasteiger partial charge on any atom is 0.313 e. The molecule has 0 saturated carbocycles. The lowest BCUT2D eigenvalue weighted by atomic mass is 9.85. The van der Waals surface area contributed by atoms with Gasteiger partial charge in [0.25, 0.3) is 0 Å². The molecule has 1 fully saturated rings. The third kappa shape index (κ3) is 2.87. The first-order valence-corrected chi connectivity index (χ1v) is 6.51. The Bertz CT molecular complexity index is 384. The predicted molar refractivity (Wildman–Crippen MR) is 67.8 cm³/mol. The van der Waals surface area contributed by atoms with Crippen LogP contribution in [0.1, 0.15) is 18.4 Å². The summed E-state index contributed by atoms with van der Waals surface area (Å²) in [5.74, 6) is -0.102. The summed E-state index contributed by atoms with van der Waals surface area (Å²) in [7, 11) is 0. The molecule has 0 spiro atoms. The van der Waals surface area contributed by atoms with Crippen LogP contribution in [-0.4, -0.2) is 25.8 Å². The van der Waals surface area contributed by atoms with Crippen molar-refractivity contribution in [1.29, 1.82) is 0 Å². The van der Waals surface area contributed by atoms with E-state index in [1.54, 1.807) is 0 Å². The molecule has 1 unspecified atom stereocenters. The number of rotatable bonds is 4. The van der Waals surface area contributed by atoms with Crippen molar-refractivity contribution in [3.8, 4) is 0 Å². The lowest BCUT2D eigenvalue weighted by Gasteiger charge is -2.32. The molecule has 1 aromatic carbocycles. The fourth-order valence-electron chi connectivity index (χ4n) is 1.95. The molecule has 3 nitrogen and oxygen atoms in total. The van der Waals surface area contributed by atoms with Crippen LogP contribution in [-0.2, 0) is 14.3 Å². The van der Waals surface area contributed by atoms with Crippen LogP contribution < -0.4 is 0 Å². The number of ether oxygens (including phenoxy) is 2. The normalized spacial score (nSPS) is 17.3. The largest absolute Gasteiger partial charge is 0.466 e. The van der Waals surface area contributed by atoms with Crippen LogP contribution in [0.4, 0.5) is 0 Å². The van der Waals surface area contributed by atoms with Crippen molar-refractivity contribution >= 4 is 21.9 Å². The standard InChI is InChI=1S/C13H15BrO3/c1-2-17-13(15)12(10-7-16-8-10)9-3-5-11(14)6-4-9/h3-6,10,12H,2,7-8H2,1H3. The Balaban J connectivity index is 2.19. The van der Waals surface area contributed by atoms with Crippen LogP contribution in [0, 0.1) is 5.92 Å². The number of hydrogen-bond acceptors (Lipinski definition) is 3. The maximum atomic E-state index is 12.0.